The Morgan fingerprint density at radius 3 is 2.82 bits per heavy atom. The van der Waals surface area contributed by atoms with Gasteiger partial charge < -0.3 is 5.11 Å². The molecule has 1 atom stereocenters. The molecule has 11 heavy (non-hydrogen) atoms. The number of hydrogen-bond acceptors (Lipinski definition) is 1. The molecule has 58 valence electrons. The minimum atomic E-state index is -1.10. The molecule has 0 heterocycles. The first-order valence-electron chi connectivity index (χ1n) is 3.70. The number of halogens is 1. The second kappa shape index (κ2) is 2.23. The zero-order valence-corrected chi connectivity index (χ0v) is 6.80. The maximum absolute atomic E-state index is 9.61. The molecule has 0 radical (unpaired) electrons. The topological polar surface area (TPSA) is 20.2 Å². The first-order valence-corrected chi connectivity index (χ1v) is 4.08. The van der Waals surface area contributed by atoms with Gasteiger partial charge in [0.25, 0.3) is 0 Å². The van der Waals surface area contributed by atoms with Crippen molar-refractivity contribution in [2.24, 2.45) is 0 Å². The van der Waals surface area contributed by atoms with E-state index < -0.39 is 5.06 Å². The fraction of sp³-hybridized carbons (Fsp3) is 0.333. The van der Waals surface area contributed by atoms with E-state index in [1.165, 1.54) is 5.56 Å². The normalized spacial score (nSPS) is 28.5. The lowest BCUT2D eigenvalue weighted by Crippen LogP contribution is -2.12. The highest BCUT2D eigenvalue weighted by molar-refractivity contribution is 6.23. The Labute approximate surface area is 70.6 Å². The number of alkyl halides is 1. The number of benzene rings is 1. The van der Waals surface area contributed by atoms with Gasteiger partial charge in [-0.1, -0.05) is 35.9 Å². The molecule has 0 amide bonds. The summed E-state index contributed by atoms with van der Waals surface area (Å²) in [6.07, 6.45) is 1.52. The van der Waals surface area contributed by atoms with Crippen LogP contribution in [0.2, 0.25) is 0 Å². The van der Waals surface area contributed by atoms with E-state index in [4.69, 9.17) is 11.6 Å². The molecule has 1 N–H and O–H groups in total. The number of aryl methyl sites for hydroxylation is 1. The molecule has 0 bridgehead atoms. The van der Waals surface area contributed by atoms with Crippen LogP contribution in [0.15, 0.2) is 24.3 Å². The maximum atomic E-state index is 9.61. The lowest BCUT2D eigenvalue weighted by atomic mass is 10.1. The first-order chi connectivity index (χ1) is 5.20. The van der Waals surface area contributed by atoms with E-state index in [0.29, 0.717) is 6.42 Å². The van der Waals surface area contributed by atoms with Crippen LogP contribution >= 0.6 is 11.6 Å². The van der Waals surface area contributed by atoms with Crippen LogP contribution < -0.4 is 0 Å². The highest BCUT2D eigenvalue weighted by atomic mass is 35.5. The lowest BCUT2D eigenvalue weighted by Gasteiger charge is -2.13. The molecule has 1 nitrogen and oxygen atoms in total. The number of aliphatic hydroxyl groups is 1. The molecule has 1 unspecified atom stereocenters. The maximum Gasteiger partial charge on any atom is 0.164 e. The summed E-state index contributed by atoms with van der Waals surface area (Å²) in [5, 5.41) is 8.51. The zero-order chi connectivity index (χ0) is 7.90. The quantitative estimate of drug-likeness (QED) is 0.588. The van der Waals surface area contributed by atoms with Gasteiger partial charge in [-0.05, 0) is 18.4 Å². The summed E-state index contributed by atoms with van der Waals surface area (Å²) in [5.41, 5.74) is 2.05. The van der Waals surface area contributed by atoms with Crippen LogP contribution in [-0.2, 0) is 11.5 Å². The highest BCUT2D eigenvalue weighted by Crippen LogP contribution is 2.39. The molecule has 0 fully saturated rings. The second-order valence-electron chi connectivity index (χ2n) is 2.92. The summed E-state index contributed by atoms with van der Waals surface area (Å²) in [7, 11) is 0. The molecule has 0 spiro atoms. The van der Waals surface area contributed by atoms with Gasteiger partial charge in [0.1, 0.15) is 0 Å². The van der Waals surface area contributed by atoms with Gasteiger partial charge in [-0.15, -0.1) is 0 Å². The monoisotopic (exact) mass is 168 g/mol. The third kappa shape index (κ3) is 1.05. The Bertz CT molecular complexity index is 281. The molecule has 2 heteroatoms. The van der Waals surface area contributed by atoms with Crippen molar-refractivity contribution in [2.45, 2.75) is 17.9 Å². The Balaban J connectivity index is 2.56. The van der Waals surface area contributed by atoms with Crippen LogP contribution in [-0.4, -0.2) is 5.11 Å². The average molecular weight is 169 g/mol. The molecule has 0 saturated heterocycles. The van der Waals surface area contributed by atoms with Crippen molar-refractivity contribution in [1.82, 2.24) is 0 Å². The molecule has 1 aliphatic carbocycles. The Hall–Kier alpha value is -0.530. The summed E-state index contributed by atoms with van der Waals surface area (Å²) in [5.74, 6) is 0. The zero-order valence-electron chi connectivity index (χ0n) is 6.05. The molecule has 0 aromatic heterocycles. The second-order valence-corrected chi connectivity index (χ2v) is 3.54. The van der Waals surface area contributed by atoms with E-state index in [1.54, 1.807) is 0 Å². The summed E-state index contributed by atoms with van der Waals surface area (Å²) < 4.78 is 0. The largest absolute Gasteiger partial charge is 0.371 e. The van der Waals surface area contributed by atoms with Gasteiger partial charge in [0.05, 0.1) is 0 Å². The molecular weight excluding hydrogens is 160 g/mol. The smallest absolute Gasteiger partial charge is 0.164 e. The van der Waals surface area contributed by atoms with Crippen molar-refractivity contribution in [2.75, 3.05) is 0 Å². The molecule has 1 aliphatic rings. The van der Waals surface area contributed by atoms with Gasteiger partial charge in [0, 0.05) is 5.56 Å². The van der Waals surface area contributed by atoms with Crippen LogP contribution in [0.5, 0.6) is 0 Å². The van der Waals surface area contributed by atoms with E-state index in [9.17, 15) is 5.11 Å². The fourth-order valence-electron chi connectivity index (χ4n) is 1.55. The van der Waals surface area contributed by atoms with E-state index in [0.717, 1.165) is 12.0 Å². The Morgan fingerprint density at radius 2 is 2.09 bits per heavy atom. The summed E-state index contributed by atoms with van der Waals surface area (Å²) in [6, 6.07) is 7.76. The molecule has 1 aromatic carbocycles. The number of fused-ring (bicyclic) bond motifs is 1. The number of hydrogen-bond donors (Lipinski definition) is 1. The van der Waals surface area contributed by atoms with Crippen LogP contribution in [0.1, 0.15) is 17.5 Å². The SMILES string of the molecule is OC1(Cl)CCc2ccccc21. The first kappa shape index (κ1) is 7.14. The van der Waals surface area contributed by atoms with Gasteiger partial charge >= 0.3 is 0 Å². The standard InChI is InChI=1S/C9H9ClO/c10-9(11)6-5-7-3-1-2-4-8(7)9/h1-4,11H,5-6H2. The van der Waals surface area contributed by atoms with E-state index in [1.807, 2.05) is 24.3 Å². The van der Waals surface area contributed by atoms with Crippen LogP contribution in [0, 0.1) is 0 Å². The van der Waals surface area contributed by atoms with E-state index >= 15 is 0 Å². The minimum absolute atomic E-state index is 0.633. The lowest BCUT2D eigenvalue weighted by molar-refractivity contribution is 0.131. The predicted molar refractivity (Wildman–Crippen MR) is 44.5 cm³/mol. The van der Waals surface area contributed by atoms with E-state index in [2.05, 4.69) is 0 Å². The Morgan fingerprint density at radius 1 is 1.36 bits per heavy atom. The van der Waals surface area contributed by atoms with Crippen LogP contribution in [0.25, 0.3) is 0 Å². The van der Waals surface area contributed by atoms with Gasteiger partial charge in [-0.2, -0.15) is 0 Å². The van der Waals surface area contributed by atoms with Crippen molar-refractivity contribution in [3.63, 3.8) is 0 Å². The van der Waals surface area contributed by atoms with Crippen molar-refractivity contribution in [3.05, 3.63) is 35.4 Å². The van der Waals surface area contributed by atoms with Crippen molar-refractivity contribution < 1.29 is 5.11 Å². The summed E-state index contributed by atoms with van der Waals surface area (Å²) in [6.45, 7) is 0. The van der Waals surface area contributed by atoms with Gasteiger partial charge in [0.15, 0.2) is 5.06 Å². The van der Waals surface area contributed by atoms with Crippen LogP contribution in [0.3, 0.4) is 0 Å². The molecule has 0 saturated carbocycles. The van der Waals surface area contributed by atoms with E-state index in [-0.39, 0.29) is 0 Å². The third-order valence-corrected chi connectivity index (χ3v) is 2.55. The summed E-state index contributed by atoms with van der Waals surface area (Å²) >= 11 is 5.85. The highest BCUT2D eigenvalue weighted by Gasteiger charge is 2.33. The Kier molecular flexibility index (Phi) is 1.44. The molecule has 0 aliphatic heterocycles. The summed E-state index contributed by atoms with van der Waals surface area (Å²) in [4.78, 5) is 0. The fourth-order valence-corrected chi connectivity index (χ4v) is 1.83. The van der Waals surface area contributed by atoms with Gasteiger partial charge in [0.2, 0.25) is 0 Å². The van der Waals surface area contributed by atoms with Crippen molar-refractivity contribution in [1.29, 1.82) is 0 Å². The molecule has 1 aromatic rings. The number of rotatable bonds is 0. The van der Waals surface area contributed by atoms with Gasteiger partial charge in [-0.25, -0.2) is 0 Å². The third-order valence-electron chi connectivity index (χ3n) is 2.16. The van der Waals surface area contributed by atoms with Crippen molar-refractivity contribution >= 4 is 11.6 Å². The molecule has 2 rings (SSSR count). The predicted octanol–water partition coefficient (Wildman–Crippen LogP) is 2.02. The minimum Gasteiger partial charge on any atom is -0.371 e. The molecular formula is C9H9ClO. The van der Waals surface area contributed by atoms with Crippen molar-refractivity contribution in [3.8, 4) is 0 Å². The average Bonchev–Trinajstić information content (AvgIpc) is 2.29. The van der Waals surface area contributed by atoms with Crippen LogP contribution in [0.4, 0.5) is 0 Å². The van der Waals surface area contributed by atoms with Gasteiger partial charge in [-0.3, -0.25) is 0 Å².